The minimum atomic E-state index is -0.667. The van der Waals surface area contributed by atoms with Gasteiger partial charge in [0.15, 0.2) is 5.79 Å². The molecule has 2 unspecified atom stereocenters. The van der Waals surface area contributed by atoms with E-state index in [2.05, 4.69) is 13.5 Å². The quantitative estimate of drug-likeness (QED) is 0.472. The molecule has 0 aromatic carbocycles. The van der Waals surface area contributed by atoms with E-state index < -0.39 is 11.9 Å². The van der Waals surface area contributed by atoms with Gasteiger partial charge in [0.1, 0.15) is 0 Å². The van der Waals surface area contributed by atoms with Crippen LogP contribution in [-0.2, 0) is 33.2 Å². The molecule has 8 heteroatoms. The lowest BCUT2D eigenvalue weighted by Gasteiger charge is -2.50. The summed E-state index contributed by atoms with van der Waals surface area (Å²) in [5, 5.41) is 11.2. The van der Waals surface area contributed by atoms with Crippen LogP contribution in [0.5, 0.6) is 0 Å². The molecule has 4 rings (SSSR count). The highest BCUT2D eigenvalue weighted by atomic mass is 16.7. The second kappa shape index (κ2) is 10.5. The van der Waals surface area contributed by atoms with Gasteiger partial charge in [0.25, 0.3) is 0 Å². The Morgan fingerprint density at radius 1 is 1.15 bits per heavy atom. The highest BCUT2D eigenvalue weighted by Gasteiger charge is 2.51. The summed E-state index contributed by atoms with van der Waals surface area (Å²) in [7, 11) is 1.40. The van der Waals surface area contributed by atoms with Gasteiger partial charge in [0.2, 0.25) is 0 Å². The standard InChI is InChI=1S/C26H42O8/c1-14-11-17(7-8-23(27)29-6)31-19(15(14)2)12-21-24(28)16(3)25-22(32-21)13-20-18(33-25)9-10-30-26(4,5)34-20/h14,16-22,24-25,28H,2,7-13H2,1,3-6H3/t14-,16-,17?,18-,19?,20-,21+,22+,24-,25+/m1/s1. The molecular formula is C26H42O8. The minimum absolute atomic E-state index is 0.0455. The molecule has 1 N–H and O–H groups in total. The monoisotopic (exact) mass is 482 g/mol. The molecule has 0 radical (unpaired) electrons. The zero-order chi connectivity index (χ0) is 24.6. The van der Waals surface area contributed by atoms with Crippen molar-refractivity contribution >= 4 is 5.97 Å². The average molecular weight is 483 g/mol. The Bertz CT molecular complexity index is 738. The summed E-state index contributed by atoms with van der Waals surface area (Å²) < 4.78 is 36.1. The van der Waals surface area contributed by atoms with Crippen LogP contribution in [0, 0.1) is 11.8 Å². The van der Waals surface area contributed by atoms with Crippen molar-refractivity contribution in [3.8, 4) is 0 Å². The molecule has 0 bridgehead atoms. The van der Waals surface area contributed by atoms with Crippen LogP contribution in [0.15, 0.2) is 12.2 Å². The lowest BCUT2D eigenvalue weighted by molar-refractivity contribution is -0.294. The largest absolute Gasteiger partial charge is 0.469 e. The van der Waals surface area contributed by atoms with E-state index >= 15 is 0 Å². The van der Waals surface area contributed by atoms with Gasteiger partial charge >= 0.3 is 5.97 Å². The molecule has 4 aliphatic heterocycles. The van der Waals surface area contributed by atoms with E-state index in [0.717, 1.165) is 18.4 Å². The molecule has 0 aliphatic carbocycles. The van der Waals surface area contributed by atoms with Crippen LogP contribution in [0.1, 0.15) is 66.2 Å². The van der Waals surface area contributed by atoms with Crippen molar-refractivity contribution in [2.45, 2.75) is 121 Å². The molecule has 4 saturated heterocycles. The van der Waals surface area contributed by atoms with Crippen LogP contribution in [0.3, 0.4) is 0 Å². The third-order valence-electron chi connectivity index (χ3n) is 8.02. The highest BCUT2D eigenvalue weighted by Crippen LogP contribution is 2.42. The molecule has 0 amide bonds. The van der Waals surface area contributed by atoms with Crippen LogP contribution in [0.2, 0.25) is 0 Å². The van der Waals surface area contributed by atoms with Gasteiger partial charge < -0.3 is 33.5 Å². The van der Waals surface area contributed by atoms with Gasteiger partial charge in [-0.1, -0.05) is 20.4 Å². The van der Waals surface area contributed by atoms with Crippen molar-refractivity contribution in [2.75, 3.05) is 13.7 Å². The van der Waals surface area contributed by atoms with Gasteiger partial charge in [-0.2, -0.15) is 0 Å². The third kappa shape index (κ3) is 5.68. The Labute approximate surface area is 203 Å². The van der Waals surface area contributed by atoms with Crippen molar-refractivity contribution in [1.29, 1.82) is 0 Å². The van der Waals surface area contributed by atoms with E-state index in [1.807, 2.05) is 20.8 Å². The van der Waals surface area contributed by atoms with Crippen molar-refractivity contribution in [3.63, 3.8) is 0 Å². The summed E-state index contributed by atoms with van der Waals surface area (Å²) in [6.07, 6.45) is 1.93. The Kier molecular flexibility index (Phi) is 8.06. The molecular weight excluding hydrogens is 440 g/mol. The van der Waals surface area contributed by atoms with E-state index in [9.17, 15) is 9.90 Å². The Morgan fingerprint density at radius 3 is 2.65 bits per heavy atom. The summed E-state index contributed by atoms with van der Waals surface area (Å²) >= 11 is 0. The Hall–Kier alpha value is -1.03. The lowest BCUT2D eigenvalue weighted by Crippen LogP contribution is -2.61. The van der Waals surface area contributed by atoms with Gasteiger partial charge in [-0.25, -0.2) is 0 Å². The molecule has 0 aromatic heterocycles. The summed E-state index contributed by atoms with van der Waals surface area (Å²) in [4.78, 5) is 11.6. The van der Waals surface area contributed by atoms with E-state index in [0.29, 0.717) is 32.3 Å². The van der Waals surface area contributed by atoms with E-state index in [1.165, 1.54) is 7.11 Å². The van der Waals surface area contributed by atoms with E-state index in [-0.39, 0.29) is 60.5 Å². The van der Waals surface area contributed by atoms with Gasteiger partial charge in [0.05, 0.1) is 62.5 Å². The van der Waals surface area contributed by atoms with Gasteiger partial charge in [-0.3, -0.25) is 4.79 Å². The zero-order valence-electron chi connectivity index (χ0n) is 21.2. The average Bonchev–Trinajstić information content (AvgIpc) is 2.93. The molecule has 0 saturated carbocycles. The molecule has 4 heterocycles. The Morgan fingerprint density at radius 2 is 1.91 bits per heavy atom. The SMILES string of the molecule is C=C1C(C[C@@H]2O[C@H]3C[C@H]4OC(C)(C)OCC[C@H]4O[C@H]3[C@H](C)[C@H]2O)OC(CCC(=O)OC)C[C@H]1C. The Balaban J connectivity index is 1.41. The number of aliphatic hydroxyl groups excluding tert-OH is 1. The van der Waals surface area contributed by atoms with Crippen molar-refractivity contribution < 1.29 is 38.3 Å². The van der Waals surface area contributed by atoms with E-state index in [4.69, 9.17) is 28.4 Å². The second-order valence-electron chi connectivity index (χ2n) is 10.9. The third-order valence-corrected chi connectivity index (χ3v) is 8.02. The summed E-state index contributed by atoms with van der Waals surface area (Å²) in [5.74, 6) is -0.690. The van der Waals surface area contributed by atoms with Crippen LogP contribution in [-0.4, -0.2) is 79.4 Å². The number of rotatable bonds is 5. The van der Waals surface area contributed by atoms with Crippen LogP contribution < -0.4 is 0 Å². The topological polar surface area (TPSA) is 92.7 Å². The second-order valence-corrected chi connectivity index (χ2v) is 10.9. The van der Waals surface area contributed by atoms with Crippen molar-refractivity contribution in [2.24, 2.45) is 11.8 Å². The zero-order valence-corrected chi connectivity index (χ0v) is 21.2. The number of aliphatic hydroxyl groups is 1. The first-order chi connectivity index (χ1) is 16.1. The number of carbonyl (C=O) groups is 1. The maximum Gasteiger partial charge on any atom is 0.305 e. The predicted molar refractivity (Wildman–Crippen MR) is 124 cm³/mol. The summed E-state index contributed by atoms with van der Waals surface area (Å²) in [6, 6.07) is 0. The normalized spacial score (nSPS) is 44.5. The fourth-order valence-corrected chi connectivity index (χ4v) is 5.94. The fourth-order valence-electron chi connectivity index (χ4n) is 5.94. The van der Waals surface area contributed by atoms with Crippen LogP contribution >= 0.6 is 0 Å². The predicted octanol–water partition coefficient (Wildman–Crippen LogP) is 3.14. The molecule has 34 heavy (non-hydrogen) atoms. The molecule has 4 fully saturated rings. The fraction of sp³-hybridized carbons (Fsp3) is 0.885. The molecule has 0 aromatic rings. The van der Waals surface area contributed by atoms with Gasteiger partial charge in [-0.15, -0.1) is 0 Å². The summed E-state index contributed by atoms with van der Waals surface area (Å²) in [6.45, 7) is 12.9. The first-order valence-corrected chi connectivity index (χ1v) is 12.8. The molecule has 0 spiro atoms. The number of methoxy groups -OCH3 is 1. The lowest BCUT2D eigenvalue weighted by atomic mass is 9.79. The number of ether oxygens (including phenoxy) is 6. The van der Waals surface area contributed by atoms with Crippen LogP contribution in [0.4, 0.5) is 0 Å². The summed E-state index contributed by atoms with van der Waals surface area (Å²) in [5.41, 5.74) is 1.02. The van der Waals surface area contributed by atoms with Crippen LogP contribution in [0.25, 0.3) is 0 Å². The number of carbonyl (C=O) groups excluding carboxylic acids is 1. The number of hydrogen-bond acceptors (Lipinski definition) is 8. The minimum Gasteiger partial charge on any atom is -0.469 e. The molecule has 4 aliphatic rings. The number of fused-ring (bicyclic) bond motifs is 2. The van der Waals surface area contributed by atoms with Crippen molar-refractivity contribution in [3.05, 3.63) is 12.2 Å². The first-order valence-electron chi connectivity index (χ1n) is 12.8. The van der Waals surface area contributed by atoms with Gasteiger partial charge in [-0.05, 0) is 44.6 Å². The first kappa shape index (κ1) is 26.0. The molecule has 194 valence electrons. The smallest absolute Gasteiger partial charge is 0.305 e. The van der Waals surface area contributed by atoms with Crippen molar-refractivity contribution in [1.82, 2.24) is 0 Å². The van der Waals surface area contributed by atoms with Gasteiger partial charge in [0, 0.05) is 25.2 Å². The highest BCUT2D eigenvalue weighted by molar-refractivity contribution is 5.69. The molecule has 10 atom stereocenters. The number of esters is 1. The maximum absolute atomic E-state index is 11.6. The van der Waals surface area contributed by atoms with E-state index in [1.54, 1.807) is 0 Å². The maximum atomic E-state index is 11.6. The molecule has 8 nitrogen and oxygen atoms in total. The number of hydrogen-bond donors (Lipinski definition) is 1.